The number of phenols is 1. The molecular weight excluding hydrogens is 336 g/mol. The third-order valence-corrected chi connectivity index (χ3v) is 3.99. The van der Waals surface area contributed by atoms with Crippen LogP contribution >= 0.6 is 0 Å². The van der Waals surface area contributed by atoms with Crippen LogP contribution in [0.25, 0.3) is 22.2 Å². The third kappa shape index (κ3) is 3.02. The van der Waals surface area contributed by atoms with Gasteiger partial charge >= 0.3 is 0 Å². The fourth-order valence-electron chi connectivity index (χ4n) is 2.85. The molecule has 1 aromatic carbocycles. The second-order valence-electron chi connectivity index (χ2n) is 5.61. The molecule has 0 aliphatic carbocycles. The molecule has 136 valence electrons. The summed E-state index contributed by atoms with van der Waals surface area (Å²) < 4.78 is 1.58. The first-order valence-electron chi connectivity index (χ1n) is 7.61. The first-order chi connectivity index (χ1) is 12.2. The molecule has 0 atom stereocenters. The van der Waals surface area contributed by atoms with E-state index in [1.165, 1.54) is 0 Å². The van der Waals surface area contributed by atoms with Gasteiger partial charge in [-0.15, -0.1) is 0 Å². The highest BCUT2D eigenvalue weighted by Crippen LogP contribution is 2.39. The number of pyridine rings is 1. The van der Waals surface area contributed by atoms with Crippen molar-refractivity contribution in [2.45, 2.75) is 13.8 Å². The highest BCUT2D eigenvalue weighted by Gasteiger charge is 2.23. The summed E-state index contributed by atoms with van der Waals surface area (Å²) in [6.07, 6.45) is 0.250. The summed E-state index contributed by atoms with van der Waals surface area (Å²) in [5.74, 6) is -0.559. The average molecular weight is 356 g/mol. The number of nitrogens with zero attached hydrogens (tertiary/aromatic N) is 3. The normalized spacial score (nSPS) is 10.3. The van der Waals surface area contributed by atoms with Crippen LogP contribution in [-0.4, -0.2) is 32.2 Å². The van der Waals surface area contributed by atoms with Crippen LogP contribution in [0.3, 0.4) is 0 Å². The fraction of sp³-hybridized carbons (Fsp3) is 0.176. The van der Waals surface area contributed by atoms with E-state index < -0.39 is 5.91 Å². The molecule has 0 saturated heterocycles. The zero-order chi connectivity index (χ0) is 19.6. The van der Waals surface area contributed by atoms with E-state index in [4.69, 9.17) is 16.3 Å². The van der Waals surface area contributed by atoms with Crippen LogP contribution in [0.2, 0.25) is 0 Å². The second-order valence-corrected chi connectivity index (χ2v) is 5.61. The van der Waals surface area contributed by atoms with Crippen LogP contribution in [0.5, 0.6) is 5.75 Å². The number of nitrogens with two attached hydrogens (primary N) is 3. The maximum Gasteiger partial charge on any atom is 0.269 e. The first-order valence-corrected chi connectivity index (χ1v) is 7.61. The lowest BCUT2D eigenvalue weighted by atomic mass is 9.94. The summed E-state index contributed by atoms with van der Waals surface area (Å²) in [5.41, 5.74) is 19.2. The van der Waals surface area contributed by atoms with Gasteiger partial charge in [0.15, 0.2) is 11.3 Å². The lowest BCUT2D eigenvalue weighted by molar-refractivity contribution is -0.106. The zero-order valence-electron chi connectivity index (χ0n) is 14.6. The van der Waals surface area contributed by atoms with Gasteiger partial charge in [0, 0.05) is 12.6 Å². The molecule has 9 heteroatoms. The Morgan fingerprint density at radius 1 is 1.31 bits per heavy atom. The molecule has 0 saturated carbocycles. The van der Waals surface area contributed by atoms with Crippen LogP contribution in [0.15, 0.2) is 18.2 Å². The molecule has 2 heterocycles. The van der Waals surface area contributed by atoms with Gasteiger partial charge in [0.1, 0.15) is 5.75 Å². The Labute approximate surface area is 149 Å². The number of carbonyl (C=O) groups excluding carboxylic acids is 2. The van der Waals surface area contributed by atoms with Crippen molar-refractivity contribution in [2.24, 2.45) is 18.5 Å². The van der Waals surface area contributed by atoms with Gasteiger partial charge in [0.05, 0.1) is 16.8 Å². The molecule has 26 heavy (non-hydrogen) atoms. The van der Waals surface area contributed by atoms with Crippen LogP contribution in [0.1, 0.15) is 21.7 Å². The van der Waals surface area contributed by atoms with Gasteiger partial charge in [-0.3, -0.25) is 14.3 Å². The molecule has 2 aromatic heterocycles. The second kappa shape index (κ2) is 7.09. The fourth-order valence-corrected chi connectivity index (χ4v) is 2.85. The number of rotatable bonds is 2. The van der Waals surface area contributed by atoms with Crippen LogP contribution in [0, 0.1) is 13.8 Å². The van der Waals surface area contributed by atoms with Crippen molar-refractivity contribution >= 4 is 29.0 Å². The number of amides is 2. The number of hydrogen-bond acceptors (Lipinski definition) is 6. The smallest absolute Gasteiger partial charge is 0.269 e. The standard InChI is InChI=1S/C16H17N5O2.CH3NO/c1-7-9(5-4-6-10(7)22)12-11-8(2)20-21(3)16(11)19-14(13(12)17)15(18)23;2-1-3/h4-6,22H,17H2,1-3H3,(H2,18,23);1H,(H2,2,3). The summed E-state index contributed by atoms with van der Waals surface area (Å²) in [7, 11) is 1.74. The minimum atomic E-state index is -0.706. The average Bonchev–Trinajstić information content (AvgIpc) is 2.85. The van der Waals surface area contributed by atoms with E-state index in [0.29, 0.717) is 22.3 Å². The molecule has 0 bridgehead atoms. The van der Waals surface area contributed by atoms with Gasteiger partial charge in [-0.05, 0) is 31.0 Å². The molecule has 3 rings (SSSR count). The highest BCUT2D eigenvalue weighted by atomic mass is 16.3. The number of aromatic nitrogens is 3. The van der Waals surface area contributed by atoms with Crippen LogP contribution < -0.4 is 17.2 Å². The Bertz CT molecular complexity index is 1010. The maximum absolute atomic E-state index is 11.7. The van der Waals surface area contributed by atoms with Crippen molar-refractivity contribution in [1.82, 2.24) is 14.8 Å². The molecular formula is C17H20N6O3. The van der Waals surface area contributed by atoms with Gasteiger partial charge in [-0.1, -0.05) is 12.1 Å². The predicted octanol–water partition coefficient (Wildman–Crippen LogP) is 0.740. The van der Waals surface area contributed by atoms with Crippen molar-refractivity contribution in [2.75, 3.05) is 5.73 Å². The Balaban J connectivity index is 0.000000758. The number of nitrogen functional groups attached to an aromatic ring is 1. The van der Waals surface area contributed by atoms with E-state index in [9.17, 15) is 9.90 Å². The van der Waals surface area contributed by atoms with E-state index in [-0.39, 0.29) is 23.5 Å². The molecule has 0 radical (unpaired) electrons. The number of hydrogen-bond donors (Lipinski definition) is 4. The quantitative estimate of drug-likeness (QED) is 0.495. The molecule has 0 aliphatic heterocycles. The van der Waals surface area contributed by atoms with Crippen molar-refractivity contribution in [3.8, 4) is 16.9 Å². The van der Waals surface area contributed by atoms with Crippen LogP contribution in [-0.2, 0) is 11.8 Å². The number of fused-ring (bicyclic) bond motifs is 1. The van der Waals surface area contributed by atoms with Crippen molar-refractivity contribution in [3.63, 3.8) is 0 Å². The number of primary amides is 2. The molecule has 0 unspecified atom stereocenters. The Morgan fingerprint density at radius 3 is 2.50 bits per heavy atom. The zero-order valence-corrected chi connectivity index (χ0v) is 14.6. The minimum Gasteiger partial charge on any atom is -0.508 e. The summed E-state index contributed by atoms with van der Waals surface area (Å²) >= 11 is 0. The van der Waals surface area contributed by atoms with Crippen molar-refractivity contribution in [3.05, 3.63) is 35.2 Å². The molecule has 2 amide bonds. The van der Waals surface area contributed by atoms with Gasteiger partial charge in [0.2, 0.25) is 6.41 Å². The van der Waals surface area contributed by atoms with Gasteiger partial charge in [0.25, 0.3) is 5.91 Å². The number of carbonyl (C=O) groups is 2. The third-order valence-electron chi connectivity index (χ3n) is 3.99. The molecule has 0 spiro atoms. The van der Waals surface area contributed by atoms with Gasteiger partial charge in [-0.25, -0.2) is 4.98 Å². The van der Waals surface area contributed by atoms with Crippen LogP contribution in [0.4, 0.5) is 5.69 Å². The highest BCUT2D eigenvalue weighted by molar-refractivity contribution is 6.09. The van der Waals surface area contributed by atoms with E-state index in [1.807, 2.05) is 13.0 Å². The monoisotopic (exact) mass is 356 g/mol. The lowest BCUT2D eigenvalue weighted by Crippen LogP contribution is -2.17. The lowest BCUT2D eigenvalue weighted by Gasteiger charge is -2.14. The Morgan fingerprint density at radius 2 is 1.92 bits per heavy atom. The maximum atomic E-state index is 11.7. The number of anilines is 1. The molecule has 0 aliphatic rings. The predicted molar refractivity (Wildman–Crippen MR) is 98.3 cm³/mol. The molecule has 3 aromatic rings. The number of benzene rings is 1. The summed E-state index contributed by atoms with van der Waals surface area (Å²) in [5, 5.41) is 15.1. The summed E-state index contributed by atoms with van der Waals surface area (Å²) in [6, 6.07) is 5.15. The topological polar surface area (TPSA) is 163 Å². The molecule has 9 nitrogen and oxygen atoms in total. The minimum absolute atomic E-state index is 0.00163. The largest absolute Gasteiger partial charge is 0.508 e. The summed E-state index contributed by atoms with van der Waals surface area (Å²) in [6.45, 7) is 3.63. The summed E-state index contributed by atoms with van der Waals surface area (Å²) in [4.78, 5) is 24.6. The molecule has 7 N–H and O–H groups in total. The van der Waals surface area contributed by atoms with Crippen molar-refractivity contribution in [1.29, 1.82) is 0 Å². The first kappa shape index (κ1) is 18.7. The Kier molecular flexibility index (Phi) is 5.11. The SMILES string of the molecule is Cc1c(O)cccc1-c1c(N)c(C(N)=O)nc2c1c(C)nn2C.NC=O. The number of aromatic hydroxyl groups is 1. The van der Waals surface area contributed by atoms with Gasteiger partial charge < -0.3 is 22.3 Å². The van der Waals surface area contributed by atoms with E-state index in [0.717, 1.165) is 11.1 Å². The number of aryl methyl sites for hydroxylation is 2. The van der Waals surface area contributed by atoms with E-state index >= 15 is 0 Å². The van der Waals surface area contributed by atoms with Crippen molar-refractivity contribution < 1.29 is 14.7 Å². The van der Waals surface area contributed by atoms with E-state index in [2.05, 4.69) is 15.8 Å². The molecule has 0 fully saturated rings. The number of phenolic OH excluding ortho intramolecular Hbond substituents is 1. The van der Waals surface area contributed by atoms with Gasteiger partial charge in [-0.2, -0.15) is 5.10 Å². The Hall–Kier alpha value is -3.62. The van der Waals surface area contributed by atoms with E-state index in [1.54, 1.807) is 30.8 Å².